The second-order valence-electron chi connectivity index (χ2n) is 20.9. The molecule has 1 aromatic rings. The van der Waals surface area contributed by atoms with E-state index in [1.165, 1.54) is 32.8 Å². The number of aliphatic hydroxyl groups is 5. The fraction of sp³-hybridized carbons (Fsp3) is 0.765. The summed E-state index contributed by atoms with van der Waals surface area (Å²) in [6, 6.07) is -1.34. The highest BCUT2D eigenvalue weighted by molar-refractivity contribution is 5.98. The van der Waals surface area contributed by atoms with Gasteiger partial charge in [-0.25, -0.2) is 4.79 Å². The average Bonchev–Trinajstić information content (AvgIpc) is 3.68. The number of phenolic OH excluding ortho intramolecular Hbond substituents is 1. The molecule has 3 aliphatic heterocycles. The minimum Gasteiger partial charge on any atom is -0.507 e. The van der Waals surface area contributed by atoms with E-state index in [1.807, 2.05) is 38.7 Å². The third-order valence-corrected chi connectivity index (χ3v) is 14.9. The Balaban J connectivity index is 1.36. The van der Waals surface area contributed by atoms with Crippen LogP contribution in [0.2, 0.25) is 0 Å². The second kappa shape index (κ2) is 24.0. The largest absolute Gasteiger partial charge is 0.507 e. The van der Waals surface area contributed by atoms with E-state index in [0.29, 0.717) is 36.3 Å². The summed E-state index contributed by atoms with van der Waals surface area (Å²) >= 11 is 0. The Bertz CT molecular complexity index is 1990. The number of carbonyl (C=O) groups is 4. The molecule has 0 aliphatic carbocycles. The number of ether oxygens (including phenoxy) is 6. The van der Waals surface area contributed by atoms with E-state index >= 15 is 0 Å². The lowest BCUT2D eigenvalue weighted by Crippen LogP contribution is -2.60. The van der Waals surface area contributed by atoms with Crippen LogP contribution in [0.4, 0.5) is 0 Å². The van der Waals surface area contributed by atoms with E-state index in [1.54, 1.807) is 41.8 Å². The van der Waals surface area contributed by atoms with E-state index in [2.05, 4.69) is 0 Å². The molecule has 1 amide bonds. The lowest BCUT2D eigenvalue weighted by molar-refractivity contribution is -0.299. The monoisotopic (exact) mass is 979 g/mol. The van der Waals surface area contributed by atoms with Crippen molar-refractivity contribution >= 4 is 23.8 Å². The topological polar surface area (TPSA) is 252 Å². The number of benzene rings is 1. The number of amides is 1. The van der Waals surface area contributed by atoms with Crippen LogP contribution in [0.15, 0.2) is 11.6 Å². The fourth-order valence-corrected chi connectivity index (χ4v) is 10.1. The van der Waals surface area contributed by atoms with E-state index in [4.69, 9.17) is 28.4 Å². The first-order valence-electron chi connectivity index (χ1n) is 24.4. The molecular weight excluding hydrogens is 897 g/mol. The SMILES string of the molecule is COc1c(C)c2c(c(O)c1C/C=C(\C)CCC(=O)OCCC(C)CC(=O)N(C)C1C[C@@H](C)O[C@@H](O[C@@H]3[C@@H](C)[C@H](O)[C@@H](C)C(=O)O[C@H](C)[C@@](C)(O)[C@H](O)[C@@H](C)N(C)C[C@H](C)C[C@@]3(C)O)[C@@H]1O)C(=O)OC2. The number of aromatic hydroxyl groups is 1. The number of likely N-dealkylation sites (N-methyl/N-ethyl adjacent to an activating group) is 2. The van der Waals surface area contributed by atoms with Crippen LogP contribution in [-0.4, -0.2) is 165 Å². The van der Waals surface area contributed by atoms with Crippen LogP contribution in [0.1, 0.15) is 135 Å². The zero-order valence-electron chi connectivity index (χ0n) is 43.3. The number of nitrogens with zero attached hydrogens (tertiary/aromatic N) is 2. The summed E-state index contributed by atoms with van der Waals surface area (Å²) in [5.74, 6) is -4.25. The number of hydrogen-bond acceptors (Lipinski definition) is 17. The number of carbonyl (C=O) groups excluding carboxylic acids is 4. The molecule has 3 aliphatic rings. The number of cyclic esters (lactones) is 2. The lowest BCUT2D eigenvalue weighted by atomic mass is 9.78. The van der Waals surface area contributed by atoms with Crippen molar-refractivity contribution in [1.29, 1.82) is 0 Å². The van der Waals surface area contributed by atoms with Crippen LogP contribution in [0, 0.1) is 30.6 Å². The molecule has 1 aromatic carbocycles. The van der Waals surface area contributed by atoms with Crippen LogP contribution >= 0.6 is 0 Å². The highest BCUT2D eigenvalue weighted by Crippen LogP contribution is 2.42. The van der Waals surface area contributed by atoms with Crippen molar-refractivity contribution in [1.82, 2.24) is 9.80 Å². The normalized spacial score (nSPS) is 34.7. The number of aliphatic hydroxyl groups excluding tert-OH is 3. The Morgan fingerprint density at radius 1 is 1.03 bits per heavy atom. The van der Waals surface area contributed by atoms with Gasteiger partial charge in [-0.05, 0) is 112 Å². The molecule has 3 heterocycles. The third-order valence-electron chi connectivity index (χ3n) is 14.9. The van der Waals surface area contributed by atoms with Crippen LogP contribution in [-0.2, 0) is 51.1 Å². The maximum Gasteiger partial charge on any atom is 0.342 e. The number of methoxy groups -OCH3 is 1. The summed E-state index contributed by atoms with van der Waals surface area (Å²) in [7, 11) is 4.88. The zero-order chi connectivity index (χ0) is 52.0. The minimum absolute atomic E-state index is 0.0782. The van der Waals surface area contributed by atoms with Gasteiger partial charge in [-0.2, -0.15) is 0 Å². The van der Waals surface area contributed by atoms with Gasteiger partial charge in [0.25, 0.3) is 0 Å². The van der Waals surface area contributed by atoms with Crippen molar-refractivity contribution in [2.45, 2.75) is 194 Å². The van der Waals surface area contributed by atoms with Gasteiger partial charge in [0.2, 0.25) is 5.91 Å². The number of hydrogen-bond donors (Lipinski definition) is 6. The van der Waals surface area contributed by atoms with Gasteiger partial charge in [0.05, 0.1) is 49.6 Å². The summed E-state index contributed by atoms with van der Waals surface area (Å²) in [5, 5.41) is 69.2. The molecule has 15 atom stereocenters. The Labute approximate surface area is 408 Å². The predicted molar refractivity (Wildman–Crippen MR) is 254 cm³/mol. The molecule has 18 nitrogen and oxygen atoms in total. The molecular formula is C51H82N2O16. The maximum atomic E-state index is 13.7. The lowest BCUT2D eigenvalue weighted by Gasteiger charge is -2.47. The van der Waals surface area contributed by atoms with Crippen molar-refractivity contribution in [2.24, 2.45) is 23.7 Å². The fourth-order valence-electron chi connectivity index (χ4n) is 10.1. The molecule has 18 heteroatoms. The maximum absolute atomic E-state index is 13.7. The summed E-state index contributed by atoms with van der Waals surface area (Å²) in [6.45, 7) is 19.1. The first kappa shape index (κ1) is 57.7. The van der Waals surface area contributed by atoms with Gasteiger partial charge in [-0.15, -0.1) is 0 Å². The predicted octanol–water partition coefficient (Wildman–Crippen LogP) is 4.10. The number of esters is 3. The molecule has 0 spiro atoms. The molecule has 4 rings (SSSR count). The quantitative estimate of drug-likeness (QED) is 0.0872. The molecule has 0 aromatic heterocycles. The van der Waals surface area contributed by atoms with Crippen LogP contribution in [0.25, 0.3) is 0 Å². The van der Waals surface area contributed by atoms with Gasteiger partial charge < -0.3 is 68.9 Å². The highest BCUT2D eigenvalue weighted by atomic mass is 16.7. The summed E-state index contributed by atoms with van der Waals surface area (Å²) < 4.78 is 34.5. The summed E-state index contributed by atoms with van der Waals surface area (Å²) in [5.41, 5.74) is -0.667. The molecule has 0 radical (unpaired) electrons. The number of allylic oxidation sites excluding steroid dienone is 2. The van der Waals surface area contributed by atoms with Crippen LogP contribution < -0.4 is 4.74 Å². The van der Waals surface area contributed by atoms with E-state index < -0.39 is 95.9 Å². The van der Waals surface area contributed by atoms with Gasteiger partial charge in [-0.3, -0.25) is 14.4 Å². The van der Waals surface area contributed by atoms with Gasteiger partial charge in [0.15, 0.2) is 6.29 Å². The molecule has 6 N–H and O–H groups in total. The molecule has 392 valence electrons. The van der Waals surface area contributed by atoms with E-state index in [0.717, 1.165) is 11.1 Å². The number of rotatable bonds is 14. The second-order valence-corrected chi connectivity index (χ2v) is 20.9. The van der Waals surface area contributed by atoms with Crippen molar-refractivity contribution in [2.75, 3.05) is 34.4 Å². The number of fused-ring (bicyclic) bond motifs is 1. The Kier molecular flexibility index (Phi) is 20.1. The standard InChI is InChI=1S/C51H82N2O16/c1-26(15-17-35-42(57)40-36(25-66-48(40)61)30(5)44(35)64-14)16-18-39(55)65-20-19-27(2)21-38(54)53(13)37-22-29(4)67-49(43(37)58)69-46-31(6)41(56)32(7)47(60)68-34(9)51(11,63)45(59)33(8)52(12)24-28(3)23-50(46,10)62/h15,27-29,31-34,37,41,43,45-46,49,56-59,62-63H,16-25H2,1-14H3/b26-15+/t27?,28-,29-,31+,32-,33-,34-,37?,41+,43-,45-,46-,49+,50-,51-/m1/s1. The highest BCUT2D eigenvalue weighted by Gasteiger charge is 2.50. The van der Waals surface area contributed by atoms with E-state index in [9.17, 15) is 49.8 Å². The van der Waals surface area contributed by atoms with Crippen molar-refractivity contribution in [3.05, 3.63) is 33.9 Å². The molecule has 0 saturated carbocycles. The Hall–Kier alpha value is -3.88. The van der Waals surface area contributed by atoms with Gasteiger partial charge in [0.1, 0.15) is 47.6 Å². The first-order chi connectivity index (χ1) is 32.0. The van der Waals surface area contributed by atoms with Gasteiger partial charge >= 0.3 is 17.9 Å². The summed E-state index contributed by atoms with van der Waals surface area (Å²) in [6.07, 6.45) is -4.74. The Morgan fingerprint density at radius 2 is 1.68 bits per heavy atom. The van der Waals surface area contributed by atoms with Crippen molar-refractivity contribution < 1.29 is 78.2 Å². The van der Waals surface area contributed by atoms with Crippen LogP contribution in [0.3, 0.4) is 0 Å². The van der Waals surface area contributed by atoms with Crippen molar-refractivity contribution in [3.8, 4) is 11.5 Å². The molecule has 2 fully saturated rings. The molecule has 2 saturated heterocycles. The average molecular weight is 979 g/mol. The third kappa shape index (κ3) is 13.8. The zero-order valence-corrected chi connectivity index (χ0v) is 43.3. The van der Waals surface area contributed by atoms with Gasteiger partial charge in [-0.1, -0.05) is 32.4 Å². The summed E-state index contributed by atoms with van der Waals surface area (Å²) in [4.78, 5) is 55.5. The first-order valence-corrected chi connectivity index (χ1v) is 24.4. The van der Waals surface area contributed by atoms with Gasteiger partial charge in [0, 0.05) is 49.5 Å². The van der Waals surface area contributed by atoms with Crippen LogP contribution in [0.5, 0.6) is 11.5 Å². The smallest absolute Gasteiger partial charge is 0.342 e. The van der Waals surface area contributed by atoms with Crippen molar-refractivity contribution in [3.63, 3.8) is 0 Å². The Morgan fingerprint density at radius 3 is 2.32 bits per heavy atom. The molecule has 0 bridgehead atoms. The van der Waals surface area contributed by atoms with E-state index in [-0.39, 0.29) is 74.4 Å². The molecule has 69 heavy (non-hydrogen) atoms. The molecule has 2 unspecified atom stereocenters. The number of phenols is 1. The minimum atomic E-state index is -1.83.